The molecule has 0 radical (unpaired) electrons. The van der Waals surface area contributed by atoms with Gasteiger partial charge >= 0.3 is 0 Å². The van der Waals surface area contributed by atoms with E-state index in [0.717, 1.165) is 38.9 Å². The summed E-state index contributed by atoms with van der Waals surface area (Å²) in [5, 5.41) is 2.95. The molecule has 0 bridgehead atoms. The number of thioether (sulfide) groups is 1. The summed E-state index contributed by atoms with van der Waals surface area (Å²) in [4.78, 5) is 39.5. The van der Waals surface area contributed by atoms with Gasteiger partial charge in [-0.1, -0.05) is 65.7 Å². The van der Waals surface area contributed by atoms with Crippen LogP contribution in [-0.4, -0.2) is 28.5 Å². The van der Waals surface area contributed by atoms with Crippen molar-refractivity contribution in [2.45, 2.75) is 27.4 Å². The summed E-state index contributed by atoms with van der Waals surface area (Å²) < 4.78 is 5.95. The molecule has 0 saturated carbocycles. The van der Waals surface area contributed by atoms with Crippen molar-refractivity contribution in [3.63, 3.8) is 0 Å². The lowest BCUT2D eigenvalue weighted by Crippen LogP contribution is -2.36. The van der Waals surface area contributed by atoms with Gasteiger partial charge in [-0.2, -0.15) is 0 Å². The van der Waals surface area contributed by atoms with Gasteiger partial charge in [0.05, 0.1) is 4.91 Å². The standard InChI is InChI=1S/C28H25ClN2O4S/c1-17-12-18(2)26(19(3)13-17)30-25(32)15-31-27(33)24(36-28(31)34)14-20-8-5-7-11-23(20)35-16-21-9-4-6-10-22(21)29/h4-14H,15-16H2,1-3H3,(H,30,32)/b24-14+. The van der Waals surface area contributed by atoms with Gasteiger partial charge in [-0.15, -0.1) is 0 Å². The molecule has 36 heavy (non-hydrogen) atoms. The quantitative estimate of drug-likeness (QED) is 0.359. The fourth-order valence-corrected chi connectivity index (χ4v) is 5.00. The molecule has 0 aromatic heterocycles. The summed E-state index contributed by atoms with van der Waals surface area (Å²) in [5.74, 6) is -0.400. The topological polar surface area (TPSA) is 75.7 Å². The summed E-state index contributed by atoms with van der Waals surface area (Å²) >= 11 is 7.02. The third-order valence-corrected chi connectivity index (χ3v) is 6.94. The van der Waals surface area contributed by atoms with E-state index in [0.29, 0.717) is 22.0 Å². The van der Waals surface area contributed by atoms with Crippen LogP contribution in [0, 0.1) is 20.8 Å². The lowest BCUT2D eigenvalue weighted by Gasteiger charge is -2.16. The number of anilines is 1. The minimum atomic E-state index is -0.515. The predicted octanol–water partition coefficient (Wildman–Crippen LogP) is 6.52. The number of ether oxygens (including phenoxy) is 1. The molecule has 1 N–H and O–H groups in total. The van der Waals surface area contributed by atoms with Crippen LogP contribution >= 0.6 is 23.4 Å². The number of hydrogen-bond acceptors (Lipinski definition) is 5. The first kappa shape index (κ1) is 25.5. The molecular weight excluding hydrogens is 496 g/mol. The maximum atomic E-state index is 13.0. The van der Waals surface area contributed by atoms with E-state index in [-0.39, 0.29) is 18.1 Å². The van der Waals surface area contributed by atoms with Crippen LogP contribution in [-0.2, 0) is 16.2 Å². The van der Waals surface area contributed by atoms with Crippen LogP contribution in [0.4, 0.5) is 10.5 Å². The number of carbonyl (C=O) groups is 3. The number of nitrogens with zero attached hydrogens (tertiary/aromatic N) is 1. The molecule has 1 fully saturated rings. The van der Waals surface area contributed by atoms with Gasteiger partial charge in [-0.25, -0.2) is 0 Å². The van der Waals surface area contributed by atoms with Crippen molar-refractivity contribution >= 4 is 52.2 Å². The monoisotopic (exact) mass is 520 g/mol. The molecule has 1 aliphatic rings. The first-order valence-corrected chi connectivity index (χ1v) is 12.5. The Labute approximate surface area is 219 Å². The van der Waals surface area contributed by atoms with Crippen molar-refractivity contribution in [2.24, 2.45) is 0 Å². The maximum absolute atomic E-state index is 13.0. The van der Waals surface area contributed by atoms with E-state index in [4.69, 9.17) is 16.3 Å². The second-order valence-electron chi connectivity index (χ2n) is 8.51. The number of para-hydroxylation sites is 1. The van der Waals surface area contributed by atoms with Gasteiger partial charge < -0.3 is 10.1 Å². The minimum Gasteiger partial charge on any atom is -0.488 e. The van der Waals surface area contributed by atoms with E-state index in [1.807, 2.05) is 63.2 Å². The van der Waals surface area contributed by atoms with Gasteiger partial charge in [0.25, 0.3) is 11.1 Å². The largest absolute Gasteiger partial charge is 0.488 e. The van der Waals surface area contributed by atoms with Crippen molar-refractivity contribution in [3.8, 4) is 5.75 Å². The molecule has 6 nitrogen and oxygen atoms in total. The molecule has 184 valence electrons. The number of aryl methyl sites for hydroxylation is 3. The lowest BCUT2D eigenvalue weighted by atomic mass is 10.1. The van der Waals surface area contributed by atoms with E-state index < -0.39 is 17.1 Å². The SMILES string of the molecule is Cc1cc(C)c(NC(=O)CN2C(=O)S/C(=C/c3ccccc3OCc3ccccc3Cl)C2=O)c(C)c1. The Morgan fingerprint density at radius 1 is 1.03 bits per heavy atom. The molecule has 0 aliphatic carbocycles. The van der Waals surface area contributed by atoms with Gasteiger partial charge in [0.1, 0.15) is 18.9 Å². The highest BCUT2D eigenvalue weighted by molar-refractivity contribution is 8.18. The molecule has 3 aromatic carbocycles. The number of nitrogens with one attached hydrogen (secondary N) is 1. The van der Waals surface area contributed by atoms with Crippen molar-refractivity contribution in [1.82, 2.24) is 4.90 Å². The number of imide groups is 1. The van der Waals surface area contributed by atoms with Crippen LogP contribution in [0.5, 0.6) is 5.75 Å². The highest BCUT2D eigenvalue weighted by atomic mass is 35.5. The Morgan fingerprint density at radius 2 is 1.69 bits per heavy atom. The normalized spacial score (nSPS) is 14.4. The van der Waals surface area contributed by atoms with Gasteiger partial charge in [0, 0.05) is 21.8 Å². The summed E-state index contributed by atoms with van der Waals surface area (Å²) in [6, 6.07) is 18.6. The molecule has 8 heteroatoms. The van der Waals surface area contributed by atoms with Crippen LogP contribution in [0.25, 0.3) is 6.08 Å². The molecule has 3 aromatic rings. The summed E-state index contributed by atoms with van der Waals surface area (Å²) in [5.41, 5.74) is 5.10. The average Bonchev–Trinajstić information content (AvgIpc) is 3.09. The predicted molar refractivity (Wildman–Crippen MR) is 144 cm³/mol. The summed E-state index contributed by atoms with van der Waals surface area (Å²) in [6.07, 6.45) is 1.61. The Hall–Kier alpha value is -3.55. The average molecular weight is 521 g/mol. The van der Waals surface area contributed by atoms with E-state index >= 15 is 0 Å². The maximum Gasteiger partial charge on any atom is 0.294 e. The highest BCUT2D eigenvalue weighted by Gasteiger charge is 2.36. The van der Waals surface area contributed by atoms with Gasteiger partial charge in [0.15, 0.2) is 0 Å². The first-order valence-electron chi connectivity index (χ1n) is 11.3. The fraction of sp³-hybridized carbons (Fsp3) is 0.179. The zero-order valence-electron chi connectivity index (χ0n) is 20.1. The zero-order chi connectivity index (χ0) is 25.8. The van der Waals surface area contributed by atoms with Crippen LogP contribution in [0.15, 0.2) is 65.6 Å². The number of hydrogen-bond donors (Lipinski definition) is 1. The highest BCUT2D eigenvalue weighted by Crippen LogP contribution is 2.34. The van der Waals surface area contributed by atoms with E-state index in [2.05, 4.69) is 5.32 Å². The van der Waals surface area contributed by atoms with Gasteiger partial charge in [-0.05, 0) is 61.9 Å². The summed E-state index contributed by atoms with van der Waals surface area (Å²) in [7, 11) is 0. The lowest BCUT2D eigenvalue weighted by molar-refractivity contribution is -0.127. The number of halogens is 1. The molecule has 0 atom stereocenters. The molecular formula is C28H25ClN2O4S. The van der Waals surface area contributed by atoms with Crippen LogP contribution in [0.3, 0.4) is 0 Å². The third-order valence-electron chi connectivity index (χ3n) is 5.66. The minimum absolute atomic E-state index is 0.226. The van der Waals surface area contributed by atoms with Crippen LogP contribution < -0.4 is 10.1 Å². The van der Waals surface area contributed by atoms with Gasteiger partial charge in [0.2, 0.25) is 5.91 Å². The number of rotatable bonds is 7. The van der Waals surface area contributed by atoms with Crippen LogP contribution in [0.1, 0.15) is 27.8 Å². The smallest absolute Gasteiger partial charge is 0.294 e. The Kier molecular flexibility index (Phi) is 7.82. The molecule has 0 spiro atoms. The molecule has 3 amide bonds. The van der Waals surface area contributed by atoms with E-state index in [9.17, 15) is 14.4 Å². The zero-order valence-corrected chi connectivity index (χ0v) is 21.7. The van der Waals surface area contributed by atoms with Gasteiger partial charge in [-0.3, -0.25) is 19.3 Å². The third kappa shape index (κ3) is 5.80. The fourth-order valence-electron chi connectivity index (χ4n) is 3.98. The van der Waals surface area contributed by atoms with Crippen molar-refractivity contribution in [3.05, 3.63) is 98.4 Å². The summed E-state index contributed by atoms with van der Waals surface area (Å²) in [6.45, 7) is 5.69. The molecule has 1 saturated heterocycles. The number of benzene rings is 3. The van der Waals surface area contributed by atoms with Crippen molar-refractivity contribution in [1.29, 1.82) is 0 Å². The van der Waals surface area contributed by atoms with E-state index in [1.54, 1.807) is 24.3 Å². The second-order valence-corrected chi connectivity index (χ2v) is 9.91. The Bertz CT molecular complexity index is 1360. The molecule has 0 unspecified atom stereocenters. The van der Waals surface area contributed by atoms with Crippen LogP contribution in [0.2, 0.25) is 5.02 Å². The first-order chi connectivity index (χ1) is 17.2. The molecule has 4 rings (SSSR count). The Balaban J connectivity index is 1.47. The molecule has 1 aliphatic heterocycles. The van der Waals surface area contributed by atoms with E-state index in [1.165, 1.54) is 0 Å². The number of amides is 3. The van der Waals surface area contributed by atoms with Crippen molar-refractivity contribution in [2.75, 3.05) is 11.9 Å². The second kappa shape index (κ2) is 11.0. The van der Waals surface area contributed by atoms with Crippen molar-refractivity contribution < 1.29 is 19.1 Å². The number of carbonyl (C=O) groups excluding carboxylic acids is 3. The Morgan fingerprint density at radius 3 is 2.42 bits per heavy atom. The molecule has 1 heterocycles.